The number of sulfone groups is 1. The summed E-state index contributed by atoms with van der Waals surface area (Å²) < 4.78 is 34.1. The quantitative estimate of drug-likeness (QED) is 0.299. The molecule has 4 rings (SSSR count). The summed E-state index contributed by atoms with van der Waals surface area (Å²) in [5.41, 5.74) is 0.272. The van der Waals surface area contributed by atoms with E-state index in [-0.39, 0.29) is 16.3 Å². The molecule has 0 saturated carbocycles. The van der Waals surface area contributed by atoms with E-state index in [1.54, 1.807) is 61.5 Å². The number of hydrogen-bond donors (Lipinski definition) is 0. The molecule has 0 aliphatic rings. The van der Waals surface area contributed by atoms with Gasteiger partial charge in [0.2, 0.25) is 15.7 Å². The van der Waals surface area contributed by atoms with E-state index in [2.05, 4.69) is 20.9 Å². The summed E-state index contributed by atoms with van der Waals surface area (Å²) in [7, 11) is -4.21. The topological polar surface area (TPSA) is 102 Å². The molecule has 0 unspecified atom stereocenters. The number of allylic oxidation sites excluding steroid dienone is 1. The van der Waals surface area contributed by atoms with E-state index in [0.29, 0.717) is 26.5 Å². The lowest BCUT2D eigenvalue weighted by atomic mass is 10.2. The number of nitrogens with zero attached hydrogens (tertiary/aromatic N) is 3. The van der Waals surface area contributed by atoms with Crippen LogP contribution < -0.4 is 10.3 Å². The van der Waals surface area contributed by atoms with E-state index in [4.69, 9.17) is 16.3 Å². The molecule has 0 amide bonds. The third-order valence-corrected chi connectivity index (χ3v) is 7.34. The summed E-state index contributed by atoms with van der Waals surface area (Å²) >= 11 is 9.19. The van der Waals surface area contributed by atoms with Gasteiger partial charge in [-0.15, -0.1) is 0 Å². The summed E-state index contributed by atoms with van der Waals surface area (Å²) in [4.78, 5) is 17.1. The molecule has 34 heavy (non-hydrogen) atoms. The maximum absolute atomic E-state index is 13.4. The fraction of sp³-hybridized carbons (Fsp3) is 0.0417. The molecule has 0 fully saturated rings. The van der Waals surface area contributed by atoms with Gasteiger partial charge in [-0.25, -0.2) is 8.42 Å². The van der Waals surface area contributed by atoms with Gasteiger partial charge in [0, 0.05) is 15.7 Å². The molecule has 2 aromatic heterocycles. The van der Waals surface area contributed by atoms with Gasteiger partial charge in [-0.05, 0) is 73.2 Å². The van der Waals surface area contributed by atoms with Gasteiger partial charge in [-0.1, -0.05) is 33.6 Å². The van der Waals surface area contributed by atoms with Crippen LogP contribution >= 0.6 is 27.5 Å². The molecule has 0 saturated heterocycles. The van der Waals surface area contributed by atoms with Crippen molar-refractivity contribution in [2.75, 3.05) is 0 Å². The summed E-state index contributed by atoms with van der Waals surface area (Å²) in [6.07, 6.45) is 2.50. The molecule has 2 aromatic carbocycles. The monoisotopic (exact) mass is 555 g/mol. The Morgan fingerprint density at radius 3 is 2.47 bits per heavy atom. The second-order valence-electron chi connectivity index (χ2n) is 7.15. The third-order valence-electron chi connectivity index (χ3n) is 4.88. The van der Waals surface area contributed by atoms with E-state index in [0.717, 1.165) is 6.08 Å². The van der Waals surface area contributed by atoms with Crippen LogP contribution in [0.25, 0.3) is 11.7 Å². The van der Waals surface area contributed by atoms with Crippen LogP contribution in [0.5, 0.6) is 11.6 Å². The first kappa shape index (κ1) is 23.7. The highest BCUT2D eigenvalue weighted by Crippen LogP contribution is 2.28. The SMILES string of the molecule is Cc1cccn2c(=O)c(/C=C(\C#N)S(=O)(=O)c3ccc(Br)cc3)c(Oc3ccc(Cl)cc3)nc12. The molecule has 0 radical (unpaired) electrons. The Hall–Kier alpha value is -3.45. The predicted molar refractivity (Wildman–Crippen MR) is 133 cm³/mol. The Bertz CT molecular complexity index is 1640. The lowest BCUT2D eigenvalue weighted by Gasteiger charge is -2.12. The Morgan fingerprint density at radius 2 is 1.82 bits per heavy atom. The van der Waals surface area contributed by atoms with Crippen LogP contribution in [0, 0.1) is 18.3 Å². The normalized spacial score (nSPS) is 11.9. The zero-order valence-corrected chi connectivity index (χ0v) is 20.7. The number of ether oxygens (including phenoxy) is 1. The Labute approximate surface area is 208 Å². The molecule has 0 atom stereocenters. The largest absolute Gasteiger partial charge is 0.438 e. The predicted octanol–water partition coefficient (Wildman–Crippen LogP) is 5.55. The van der Waals surface area contributed by atoms with Crippen LogP contribution in [0.1, 0.15) is 11.1 Å². The van der Waals surface area contributed by atoms with Gasteiger partial charge in [-0.2, -0.15) is 10.2 Å². The first-order chi connectivity index (χ1) is 16.2. The summed E-state index contributed by atoms with van der Waals surface area (Å²) in [6.45, 7) is 1.78. The lowest BCUT2D eigenvalue weighted by molar-refractivity contribution is 0.461. The summed E-state index contributed by atoms with van der Waals surface area (Å²) in [5, 5.41) is 10.2. The summed E-state index contributed by atoms with van der Waals surface area (Å²) in [6, 6.07) is 17.3. The van der Waals surface area contributed by atoms with E-state index in [9.17, 15) is 18.5 Å². The van der Waals surface area contributed by atoms with Crippen LogP contribution in [-0.4, -0.2) is 17.8 Å². The molecule has 7 nitrogen and oxygen atoms in total. The van der Waals surface area contributed by atoms with Crippen LogP contribution in [0.2, 0.25) is 5.02 Å². The zero-order chi connectivity index (χ0) is 24.5. The molecule has 0 N–H and O–H groups in total. The number of benzene rings is 2. The highest BCUT2D eigenvalue weighted by Gasteiger charge is 2.24. The van der Waals surface area contributed by atoms with E-state index < -0.39 is 20.3 Å². The van der Waals surface area contributed by atoms with Gasteiger partial charge in [0.05, 0.1) is 4.90 Å². The minimum atomic E-state index is -4.21. The van der Waals surface area contributed by atoms with Crippen molar-refractivity contribution in [3.63, 3.8) is 0 Å². The van der Waals surface area contributed by atoms with Gasteiger partial charge in [-0.3, -0.25) is 9.20 Å². The fourth-order valence-electron chi connectivity index (χ4n) is 3.15. The second-order valence-corrected chi connectivity index (χ2v) is 10.4. The average Bonchev–Trinajstić information content (AvgIpc) is 2.81. The fourth-order valence-corrected chi connectivity index (χ4v) is 4.68. The van der Waals surface area contributed by atoms with Crippen molar-refractivity contribution in [2.45, 2.75) is 11.8 Å². The van der Waals surface area contributed by atoms with Crippen LogP contribution in [-0.2, 0) is 9.84 Å². The number of nitriles is 1. The molecule has 10 heteroatoms. The number of pyridine rings is 1. The number of halogens is 2. The first-order valence-corrected chi connectivity index (χ1v) is 12.4. The molecular formula is C24H15BrClN3O4S. The molecule has 0 aliphatic heterocycles. The number of hydrogen-bond acceptors (Lipinski definition) is 6. The number of aromatic nitrogens is 2. The van der Waals surface area contributed by atoms with Crippen molar-refractivity contribution in [3.8, 4) is 17.7 Å². The Balaban J connectivity index is 1.95. The van der Waals surface area contributed by atoms with Gasteiger partial charge in [0.1, 0.15) is 27.9 Å². The zero-order valence-electron chi connectivity index (χ0n) is 17.6. The molecule has 4 aromatic rings. The highest BCUT2D eigenvalue weighted by atomic mass is 79.9. The smallest absolute Gasteiger partial charge is 0.269 e. The molecule has 170 valence electrons. The lowest BCUT2D eigenvalue weighted by Crippen LogP contribution is -2.20. The molecule has 2 heterocycles. The average molecular weight is 557 g/mol. The minimum Gasteiger partial charge on any atom is -0.438 e. The standard InChI is InChI=1S/C24H15BrClN3O4S/c1-15-3-2-12-29-22(15)28-23(33-18-8-6-17(26)7-9-18)21(24(29)30)13-20(14-27)34(31,32)19-10-4-16(25)5-11-19/h2-13H,1H3/b20-13+. The molecule has 0 spiro atoms. The van der Waals surface area contributed by atoms with Crippen molar-refractivity contribution in [2.24, 2.45) is 0 Å². The maximum Gasteiger partial charge on any atom is 0.269 e. The van der Waals surface area contributed by atoms with Crippen molar-refractivity contribution in [1.82, 2.24) is 9.38 Å². The number of rotatable bonds is 5. The Morgan fingerprint density at radius 1 is 1.15 bits per heavy atom. The minimum absolute atomic E-state index is 0.0895. The van der Waals surface area contributed by atoms with Crippen LogP contribution in [0.15, 0.2) is 85.9 Å². The molecule has 0 aliphatic carbocycles. The number of fused-ring (bicyclic) bond motifs is 1. The van der Waals surface area contributed by atoms with Gasteiger partial charge < -0.3 is 4.74 Å². The van der Waals surface area contributed by atoms with Crippen molar-refractivity contribution in [1.29, 1.82) is 5.26 Å². The third kappa shape index (κ3) is 4.61. The van der Waals surface area contributed by atoms with E-state index in [1.807, 2.05) is 0 Å². The second kappa shape index (κ2) is 9.43. The van der Waals surface area contributed by atoms with Crippen LogP contribution in [0.4, 0.5) is 0 Å². The molecule has 0 bridgehead atoms. The van der Waals surface area contributed by atoms with Crippen molar-refractivity contribution < 1.29 is 13.2 Å². The van der Waals surface area contributed by atoms with Gasteiger partial charge in [0.25, 0.3) is 5.56 Å². The van der Waals surface area contributed by atoms with Crippen molar-refractivity contribution >= 4 is 49.1 Å². The maximum atomic E-state index is 13.4. The van der Waals surface area contributed by atoms with Crippen LogP contribution in [0.3, 0.4) is 0 Å². The van der Waals surface area contributed by atoms with Crippen molar-refractivity contribution in [3.05, 3.63) is 103 Å². The van der Waals surface area contributed by atoms with Gasteiger partial charge in [0.15, 0.2) is 0 Å². The molecular weight excluding hydrogens is 542 g/mol. The van der Waals surface area contributed by atoms with Gasteiger partial charge >= 0.3 is 0 Å². The number of aryl methyl sites for hydroxylation is 1. The summed E-state index contributed by atoms with van der Waals surface area (Å²) in [5.74, 6) is 0.193. The highest BCUT2D eigenvalue weighted by molar-refractivity contribution is 9.10. The first-order valence-electron chi connectivity index (χ1n) is 9.78. The van der Waals surface area contributed by atoms with E-state index in [1.165, 1.54) is 22.7 Å². The Kier molecular flexibility index (Phi) is 6.57. The van der Waals surface area contributed by atoms with E-state index >= 15 is 0 Å².